The van der Waals surface area contributed by atoms with Crippen LogP contribution in [0.2, 0.25) is 0 Å². The molecule has 2 N–H and O–H groups in total. The van der Waals surface area contributed by atoms with Gasteiger partial charge in [0.25, 0.3) is 0 Å². The van der Waals surface area contributed by atoms with Gasteiger partial charge in [0.15, 0.2) is 0 Å². The van der Waals surface area contributed by atoms with E-state index < -0.39 is 0 Å². The van der Waals surface area contributed by atoms with E-state index in [2.05, 4.69) is 27.1 Å². The van der Waals surface area contributed by atoms with Crippen LogP contribution >= 0.6 is 0 Å². The van der Waals surface area contributed by atoms with Crippen molar-refractivity contribution in [2.24, 2.45) is 5.92 Å². The van der Waals surface area contributed by atoms with Crippen LogP contribution in [0.1, 0.15) is 26.2 Å². The van der Waals surface area contributed by atoms with Gasteiger partial charge >= 0.3 is 0 Å². The van der Waals surface area contributed by atoms with Crippen molar-refractivity contribution in [2.75, 3.05) is 30.4 Å². The molecule has 0 aliphatic heterocycles. The van der Waals surface area contributed by atoms with E-state index in [-0.39, 0.29) is 6.10 Å². The van der Waals surface area contributed by atoms with E-state index in [0.29, 0.717) is 11.9 Å². The highest BCUT2D eigenvalue weighted by atomic mass is 16.3. The Bertz CT molecular complexity index is 379. The molecule has 0 saturated heterocycles. The molecule has 0 bridgehead atoms. The van der Waals surface area contributed by atoms with Gasteiger partial charge in [0.1, 0.15) is 5.82 Å². The van der Waals surface area contributed by atoms with Crippen molar-refractivity contribution in [1.82, 2.24) is 9.97 Å². The summed E-state index contributed by atoms with van der Waals surface area (Å²) in [5, 5.41) is 12.5. The number of nitrogens with zero attached hydrogens (tertiary/aromatic N) is 3. The van der Waals surface area contributed by atoms with Crippen molar-refractivity contribution in [3.05, 3.63) is 12.3 Å². The SMILES string of the molecule is CCCNc1nccc(N(C)CC2CC(O)C2)n1. The number of aliphatic hydroxyl groups excluding tert-OH is 1. The standard InChI is InChI=1S/C13H22N4O/c1-3-5-14-13-15-6-4-12(16-13)17(2)9-10-7-11(18)8-10/h4,6,10-11,18H,3,5,7-9H2,1-2H3,(H,14,15,16). The molecule has 5 nitrogen and oxygen atoms in total. The highest BCUT2D eigenvalue weighted by molar-refractivity contribution is 5.41. The van der Waals surface area contributed by atoms with Crippen LogP contribution in [0, 0.1) is 5.92 Å². The van der Waals surface area contributed by atoms with E-state index in [1.165, 1.54) is 0 Å². The van der Waals surface area contributed by atoms with Crippen LogP contribution in [0.3, 0.4) is 0 Å². The van der Waals surface area contributed by atoms with E-state index in [0.717, 1.165) is 38.2 Å². The van der Waals surface area contributed by atoms with Gasteiger partial charge in [-0.25, -0.2) is 4.98 Å². The van der Waals surface area contributed by atoms with Crippen LogP contribution in [0.5, 0.6) is 0 Å². The number of nitrogens with one attached hydrogen (secondary N) is 1. The maximum atomic E-state index is 9.29. The summed E-state index contributed by atoms with van der Waals surface area (Å²) in [6.45, 7) is 3.95. The first-order valence-corrected chi connectivity index (χ1v) is 6.65. The molecule has 0 spiro atoms. The first-order chi connectivity index (χ1) is 8.69. The smallest absolute Gasteiger partial charge is 0.224 e. The summed E-state index contributed by atoms with van der Waals surface area (Å²) in [5.74, 6) is 2.21. The van der Waals surface area contributed by atoms with E-state index in [4.69, 9.17) is 0 Å². The van der Waals surface area contributed by atoms with Gasteiger partial charge in [-0.3, -0.25) is 0 Å². The Hall–Kier alpha value is -1.36. The third-order valence-corrected chi connectivity index (χ3v) is 3.31. The summed E-state index contributed by atoms with van der Waals surface area (Å²) >= 11 is 0. The molecule has 100 valence electrons. The van der Waals surface area contributed by atoms with Crippen LogP contribution in [0.25, 0.3) is 0 Å². The lowest BCUT2D eigenvalue weighted by atomic mass is 9.82. The van der Waals surface area contributed by atoms with Gasteiger partial charge in [-0.05, 0) is 31.2 Å². The van der Waals surface area contributed by atoms with Gasteiger partial charge in [-0.1, -0.05) is 6.92 Å². The maximum Gasteiger partial charge on any atom is 0.224 e. The zero-order valence-electron chi connectivity index (χ0n) is 11.1. The van der Waals surface area contributed by atoms with Crippen LogP contribution in [0.15, 0.2) is 12.3 Å². The molecule has 0 unspecified atom stereocenters. The van der Waals surface area contributed by atoms with Crippen molar-refractivity contribution in [3.63, 3.8) is 0 Å². The molecular formula is C13H22N4O. The first kappa shape index (κ1) is 13.1. The minimum Gasteiger partial charge on any atom is -0.393 e. The van der Waals surface area contributed by atoms with E-state index in [9.17, 15) is 5.11 Å². The summed E-state index contributed by atoms with van der Waals surface area (Å²) in [5.41, 5.74) is 0. The largest absolute Gasteiger partial charge is 0.393 e. The minimum atomic E-state index is -0.0874. The zero-order chi connectivity index (χ0) is 13.0. The Labute approximate surface area is 108 Å². The lowest BCUT2D eigenvalue weighted by Crippen LogP contribution is -2.37. The van der Waals surface area contributed by atoms with Gasteiger partial charge in [0.2, 0.25) is 5.95 Å². The predicted molar refractivity (Wildman–Crippen MR) is 72.8 cm³/mol. The summed E-state index contributed by atoms with van der Waals surface area (Å²) in [6.07, 6.45) is 4.58. The van der Waals surface area contributed by atoms with Gasteiger partial charge in [0.05, 0.1) is 6.10 Å². The van der Waals surface area contributed by atoms with Crippen molar-refractivity contribution in [2.45, 2.75) is 32.3 Å². The third-order valence-electron chi connectivity index (χ3n) is 3.31. The monoisotopic (exact) mass is 250 g/mol. The maximum absolute atomic E-state index is 9.29. The molecule has 1 aromatic rings. The second-order valence-corrected chi connectivity index (χ2v) is 5.04. The number of rotatable bonds is 6. The van der Waals surface area contributed by atoms with Gasteiger partial charge in [0, 0.05) is 26.3 Å². The van der Waals surface area contributed by atoms with Crippen molar-refractivity contribution >= 4 is 11.8 Å². The molecule has 0 amide bonds. The molecule has 2 rings (SSSR count). The molecule has 1 aliphatic rings. The van der Waals surface area contributed by atoms with Crippen molar-refractivity contribution < 1.29 is 5.11 Å². The Kier molecular flexibility index (Phi) is 4.36. The van der Waals surface area contributed by atoms with Crippen LogP contribution < -0.4 is 10.2 Å². The molecule has 5 heteroatoms. The van der Waals surface area contributed by atoms with Gasteiger partial charge < -0.3 is 15.3 Å². The average Bonchev–Trinajstić information content (AvgIpc) is 2.35. The molecule has 1 heterocycles. The first-order valence-electron chi connectivity index (χ1n) is 6.65. The van der Waals surface area contributed by atoms with Crippen LogP contribution in [0.4, 0.5) is 11.8 Å². The fraction of sp³-hybridized carbons (Fsp3) is 0.692. The molecule has 1 saturated carbocycles. The third kappa shape index (κ3) is 3.32. The number of anilines is 2. The topological polar surface area (TPSA) is 61.3 Å². The Morgan fingerprint density at radius 1 is 1.50 bits per heavy atom. The van der Waals surface area contributed by atoms with Crippen LogP contribution in [-0.4, -0.2) is 41.3 Å². The quantitative estimate of drug-likeness (QED) is 0.801. The average molecular weight is 250 g/mol. The molecule has 0 radical (unpaired) electrons. The normalized spacial score (nSPS) is 22.4. The number of aliphatic hydroxyl groups is 1. The van der Waals surface area contributed by atoms with E-state index in [1.54, 1.807) is 6.20 Å². The van der Waals surface area contributed by atoms with E-state index in [1.807, 2.05) is 13.1 Å². The van der Waals surface area contributed by atoms with Gasteiger partial charge in [-0.15, -0.1) is 0 Å². The second kappa shape index (κ2) is 6.00. The molecule has 18 heavy (non-hydrogen) atoms. The molecule has 1 aromatic heterocycles. The van der Waals surface area contributed by atoms with Crippen molar-refractivity contribution in [1.29, 1.82) is 0 Å². The molecule has 0 atom stereocenters. The zero-order valence-corrected chi connectivity index (χ0v) is 11.1. The Morgan fingerprint density at radius 2 is 2.28 bits per heavy atom. The summed E-state index contributed by atoms with van der Waals surface area (Å²) in [7, 11) is 2.04. The fourth-order valence-corrected chi connectivity index (χ4v) is 2.21. The molecular weight excluding hydrogens is 228 g/mol. The summed E-state index contributed by atoms with van der Waals surface area (Å²) < 4.78 is 0. The number of hydrogen-bond donors (Lipinski definition) is 2. The minimum absolute atomic E-state index is 0.0874. The molecule has 0 aromatic carbocycles. The lowest BCUT2D eigenvalue weighted by Gasteiger charge is -2.34. The van der Waals surface area contributed by atoms with Gasteiger partial charge in [-0.2, -0.15) is 4.98 Å². The predicted octanol–water partition coefficient (Wildman–Crippen LogP) is 1.51. The Morgan fingerprint density at radius 3 is 2.94 bits per heavy atom. The van der Waals surface area contributed by atoms with E-state index >= 15 is 0 Å². The number of hydrogen-bond acceptors (Lipinski definition) is 5. The highest BCUT2D eigenvalue weighted by Crippen LogP contribution is 2.28. The second-order valence-electron chi connectivity index (χ2n) is 5.04. The summed E-state index contributed by atoms with van der Waals surface area (Å²) in [6, 6.07) is 1.92. The number of aromatic nitrogens is 2. The summed E-state index contributed by atoms with van der Waals surface area (Å²) in [4.78, 5) is 10.8. The van der Waals surface area contributed by atoms with Crippen LogP contribution in [-0.2, 0) is 0 Å². The fourth-order valence-electron chi connectivity index (χ4n) is 2.21. The lowest BCUT2D eigenvalue weighted by molar-refractivity contribution is 0.0464. The molecule has 1 aliphatic carbocycles. The van der Waals surface area contributed by atoms with Crippen molar-refractivity contribution in [3.8, 4) is 0 Å². The Balaban J connectivity index is 1.90. The highest BCUT2D eigenvalue weighted by Gasteiger charge is 2.28. The molecule has 1 fully saturated rings.